The van der Waals surface area contributed by atoms with Gasteiger partial charge in [0, 0.05) is 18.9 Å². The molecule has 0 aliphatic heterocycles. The van der Waals surface area contributed by atoms with E-state index in [1.165, 1.54) is 0 Å². The molecule has 5 heteroatoms. The molecule has 1 rings (SSSR count). The second-order valence-corrected chi connectivity index (χ2v) is 6.66. The van der Waals surface area contributed by atoms with Crippen LogP contribution in [0.1, 0.15) is 32.8 Å². The van der Waals surface area contributed by atoms with Gasteiger partial charge in [0.15, 0.2) is 0 Å². The summed E-state index contributed by atoms with van der Waals surface area (Å²) in [6.45, 7) is 6.78. The van der Waals surface area contributed by atoms with Gasteiger partial charge in [-0.15, -0.1) is 0 Å². The van der Waals surface area contributed by atoms with Gasteiger partial charge in [-0.1, -0.05) is 28.1 Å². The highest BCUT2D eigenvalue weighted by atomic mass is 79.9. The number of amides is 1. The molecule has 1 aromatic carbocycles. The number of hydrogen-bond acceptors (Lipinski definition) is 3. The highest BCUT2D eigenvalue weighted by Gasteiger charge is 2.19. The first-order chi connectivity index (χ1) is 9.81. The zero-order valence-electron chi connectivity index (χ0n) is 13.2. The maximum atomic E-state index is 11.9. The van der Waals surface area contributed by atoms with Crippen molar-refractivity contribution in [1.82, 2.24) is 4.90 Å². The molecule has 0 atom stereocenters. The van der Waals surface area contributed by atoms with E-state index in [1.54, 1.807) is 11.9 Å². The van der Waals surface area contributed by atoms with Gasteiger partial charge >= 0.3 is 6.09 Å². The van der Waals surface area contributed by atoms with Crippen molar-refractivity contribution in [1.29, 1.82) is 0 Å². The van der Waals surface area contributed by atoms with Crippen LogP contribution in [0, 0.1) is 0 Å². The molecule has 0 aliphatic rings. The summed E-state index contributed by atoms with van der Waals surface area (Å²) in [4.78, 5) is 13.4. The summed E-state index contributed by atoms with van der Waals surface area (Å²) in [5, 5.41) is 0.936. The monoisotopic (exact) mass is 357 g/mol. The Morgan fingerprint density at radius 2 is 1.86 bits per heavy atom. The first kappa shape index (κ1) is 17.8. The van der Waals surface area contributed by atoms with E-state index in [9.17, 15) is 4.79 Å². The second kappa shape index (κ2) is 8.27. The van der Waals surface area contributed by atoms with Crippen LogP contribution >= 0.6 is 15.9 Å². The fraction of sp³-hybridized carbons (Fsp3) is 0.562. The van der Waals surface area contributed by atoms with Crippen LogP contribution in [0.4, 0.5) is 4.79 Å². The van der Waals surface area contributed by atoms with Crippen molar-refractivity contribution in [2.75, 3.05) is 19.0 Å². The summed E-state index contributed by atoms with van der Waals surface area (Å²) in [6.07, 6.45) is 0.656. The Kier molecular flexibility index (Phi) is 7.02. The standard InChI is InChI=1S/C16H24BrNO3/c1-16(2,3)21-15(19)18(4)12-13-6-8-14(9-7-13)20-11-5-10-17/h6-9H,5,10-12H2,1-4H3. The van der Waals surface area contributed by atoms with Crippen molar-refractivity contribution in [3.8, 4) is 5.75 Å². The van der Waals surface area contributed by atoms with Crippen molar-refractivity contribution in [2.24, 2.45) is 0 Å². The Hall–Kier alpha value is -1.23. The maximum absolute atomic E-state index is 11.9. The molecule has 0 saturated heterocycles. The largest absolute Gasteiger partial charge is 0.494 e. The van der Waals surface area contributed by atoms with Gasteiger partial charge < -0.3 is 14.4 Å². The van der Waals surface area contributed by atoms with Gasteiger partial charge in [0.2, 0.25) is 0 Å². The van der Waals surface area contributed by atoms with Crippen LogP contribution in [0.2, 0.25) is 0 Å². The van der Waals surface area contributed by atoms with Crippen LogP contribution in [0.5, 0.6) is 5.75 Å². The van der Waals surface area contributed by atoms with Crippen molar-refractivity contribution in [3.63, 3.8) is 0 Å². The van der Waals surface area contributed by atoms with E-state index in [2.05, 4.69) is 15.9 Å². The van der Waals surface area contributed by atoms with Gasteiger partial charge in [0.1, 0.15) is 11.4 Å². The summed E-state index contributed by atoms with van der Waals surface area (Å²) in [5.41, 5.74) is 0.564. The molecule has 0 heterocycles. The second-order valence-electron chi connectivity index (χ2n) is 5.87. The maximum Gasteiger partial charge on any atom is 0.410 e. The van der Waals surface area contributed by atoms with E-state index < -0.39 is 5.60 Å². The highest BCUT2D eigenvalue weighted by Crippen LogP contribution is 2.15. The minimum atomic E-state index is -0.474. The number of alkyl halides is 1. The summed E-state index contributed by atoms with van der Waals surface area (Å²) in [5.74, 6) is 0.847. The Labute approximate surface area is 135 Å². The SMILES string of the molecule is CN(Cc1ccc(OCCCBr)cc1)C(=O)OC(C)(C)C. The van der Waals surface area contributed by atoms with Gasteiger partial charge in [0.05, 0.1) is 6.61 Å². The minimum Gasteiger partial charge on any atom is -0.494 e. The van der Waals surface area contributed by atoms with Gasteiger partial charge in [0.25, 0.3) is 0 Å². The fourth-order valence-corrected chi connectivity index (χ4v) is 1.84. The third-order valence-corrected chi connectivity index (χ3v) is 3.16. The van der Waals surface area contributed by atoms with E-state index in [4.69, 9.17) is 9.47 Å². The van der Waals surface area contributed by atoms with E-state index in [1.807, 2.05) is 45.0 Å². The van der Waals surface area contributed by atoms with E-state index >= 15 is 0 Å². The Morgan fingerprint density at radius 3 is 2.38 bits per heavy atom. The lowest BCUT2D eigenvalue weighted by atomic mass is 10.2. The average Bonchev–Trinajstić information content (AvgIpc) is 2.39. The number of carbonyl (C=O) groups is 1. The van der Waals surface area contributed by atoms with Gasteiger partial charge in [-0.3, -0.25) is 0 Å². The average molecular weight is 358 g/mol. The molecule has 0 spiro atoms. The summed E-state index contributed by atoms with van der Waals surface area (Å²) in [7, 11) is 1.73. The first-order valence-corrected chi connectivity index (χ1v) is 8.16. The zero-order valence-corrected chi connectivity index (χ0v) is 14.8. The van der Waals surface area contributed by atoms with Crippen molar-refractivity contribution < 1.29 is 14.3 Å². The quantitative estimate of drug-likeness (QED) is 0.565. The molecular formula is C16H24BrNO3. The zero-order chi connectivity index (χ0) is 15.9. The number of carbonyl (C=O) groups excluding carboxylic acids is 1. The number of benzene rings is 1. The highest BCUT2D eigenvalue weighted by molar-refractivity contribution is 9.09. The summed E-state index contributed by atoms with van der Waals surface area (Å²) < 4.78 is 10.9. The Balaban J connectivity index is 2.49. The van der Waals surface area contributed by atoms with Gasteiger partial charge in [-0.2, -0.15) is 0 Å². The Bertz CT molecular complexity index is 440. The number of halogens is 1. The number of nitrogens with zero attached hydrogens (tertiary/aromatic N) is 1. The summed E-state index contributed by atoms with van der Waals surface area (Å²) in [6, 6.07) is 7.77. The third-order valence-electron chi connectivity index (χ3n) is 2.59. The number of hydrogen-bond donors (Lipinski definition) is 0. The van der Waals surface area contributed by atoms with Crippen molar-refractivity contribution in [2.45, 2.75) is 39.3 Å². The first-order valence-electron chi connectivity index (χ1n) is 7.03. The molecule has 0 aliphatic carbocycles. The molecule has 1 aromatic rings. The van der Waals surface area contributed by atoms with Crippen molar-refractivity contribution in [3.05, 3.63) is 29.8 Å². The molecular weight excluding hydrogens is 334 g/mol. The summed E-state index contributed by atoms with van der Waals surface area (Å²) >= 11 is 3.37. The van der Waals surface area contributed by atoms with E-state index in [0.29, 0.717) is 13.2 Å². The molecule has 0 fully saturated rings. The molecule has 0 bridgehead atoms. The number of ether oxygens (including phenoxy) is 2. The van der Waals surface area contributed by atoms with Crippen molar-refractivity contribution >= 4 is 22.0 Å². The molecule has 0 N–H and O–H groups in total. The van der Waals surface area contributed by atoms with E-state index in [0.717, 1.165) is 23.1 Å². The van der Waals surface area contributed by atoms with Crippen LogP contribution < -0.4 is 4.74 Å². The lowest BCUT2D eigenvalue weighted by Gasteiger charge is -2.24. The van der Waals surface area contributed by atoms with Crippen LogP contribution in [-0.2, 0) is 11.3 Å². The number of rotatable bonds is 6. The van der Waals surface area contributed by atoms with Crippen LogP contribution in [0.15, 0.2) is 24.3 Å². The molecule has 118 valence electrons. The molecule has 0 unspecified atom stereocenters. The van der Waals surface area contributed by atoms with Crippen LogP contribution in [-0.4, -0.2) is 35.6 Å². The smallest absolute Gasteiger partial charge is 0.410 e. The van der Waals surface area contributed by atoms with E-state index in [-0.39, 0.29) is 6.09 Å². The lowest BCUT2D eigenvalue weighted by Crippen LogP contribution is -2.33. The van der Waals surface area contributed by atoms with Crippen LogP contribution in [0.3, 0.4) is 0 Å². The molecule has 0 aromatic heterocycles. The topological polar surface area (TPSA) is 38.8 Å². The van der Waals surface area contributed by atoms with Gasteiger partial charge in [-0.25, -0.2) is 4.79 Å². The van der Waals surface area contributed by atoms with Gasteiger partial charge in [-0.05, 0) is 44.9 Å². The fourth-order valence-electron chi connectivity index (χ4n) is 1.61. The molecule has 4 nitrogen and oxygen atoms in total. The predicted octanol–water partition coefficient (Wildman–Crippen LogP) is 4.22. The molecule has 1 amide bonds. The lowest BCUT2D eigenvalue weighted by molar-refractivity contribution is 0.0285. The minimum absolute atomic E-state index is 0.319. The normalized spacial score (nSPS) is 11.1. The molecule has 0 saturated carbocycles. The third kappa shape index (κ3) is 7.37. The molecule has 21 heavy (non-hydrogen) atoms. The molecule has 0 radical (unpaired) electrons. The van der Waals surface area contributed by atoms with Crippen LogP contribution in [0.25, 0.3) is 0 Å². The predicted molar refractivity (Wildman–Crippen MR) is 88.0 cm³/mol. The Morgan fingerprint density at radius 1 is 1.24 bits per heavy atom.